The maximum absolute atomic E-state index is 13.0. The van der Waals surface area contributed by atoms with Crippen molar-refractivity contribution in [2.75, 3.05) is 26.2 Å². The Hall–Kier alpha value is -2.05. The van der Waals surface area contributed by atoms with Crippen molar-refractivity contribution < 1.29 is 9.53 Å². The first-order valence-corrected chi connectivity index (χ1v) is 12.3. The molecular formula is C25H26Cl2N2O2S. The number of carbonyl (C=O) groups is 1. The summed E-state index contributed by atoms with van der Waals surface area (Å²) in [5, 5.41) is 3.16. The molecule has 3 aromatic rings. The molecule has 0 radical (unpaired) electrons. The first-order chi connectivity index (χ1) is 15.4. The molecule has 168 valence electrons. The second kappa shape index (κ2) is 10.3. The molecule has 1 aromatic heterocycles. The summed E-state index contributed by atoms with van der Waals surface area (Å²) < 4.78 is 5.91. The monoisotopic (exact) mass is 488 g/mol. The smallest absolute Gasteiger partial charge is 0.264 e. The van der Waals surface area contributed by atoms with E-state index in [4.69, 9.17) is 27.9 Å². The molecule has 0 saturated carbocycles. The fourth-order valence-corrected chi connectivity index (χ4v) is 4.88. The minimum Gasteiger partial charge on any atom is -0.489 e. The number of aryl methyl sites for hydroxylation is 2. The number of nitrogens with zero attached hydrogens (tertiary/aromatic N) is 2. The van der Waals surface area contributed by atoms with Crippen LogP contribution in [0.25, 0.3) is 0 Å². The molecule has 1 amide bonds. The zero-order valence-corrected chi connectivity index (χ0v) is 20.6. The number of halogens is 2. The lowest BCUT2D eigenvalue weighted by atomic mass is 10.1. The Morgan fingerprint density at radius 3 is 2.44 bits per heavy atom. The maximum Gasteiger partial charge on any atom is 0.264 e. The van der Waals surface area contributed by atoms with Gasteiger partial charge in [-0.2, -0.15) is 0 Å². The van der Waals surface area contributed by atoms with Crippen LogP contribution < -0.4 is 4.74 Å². The van der Waals surface area contributed by atoms with Crippen LogP contribution in [0.4, 0.5) is 0 Å². The standard InChI is InChI=1S/C25H26Cl2N2O2S/c1-17-3-5-21(11-18(17)2)31-15-20-13-24(32-16-20)25(30)29-9-7-28(8-10-29)14-19-4-6-22(26)23(27)12-19/h3-6,11-13,16H,7-10,14-15H2,1-2H3. The van der Waals surface area contributed by atoms with Crippen LogP contribution in [0.5, 0.6) is 5.75 Å². The van der Waals surface area contributed by atoms with Gasteiger partial charge in [-0.1, -0.05) is 35.3 Å². The molecule has 4 rings (SSSR count). The molecule has 2 aromatic carbocycles. The fourth-order valence-electron chi connectivity index (χ4n) is 3.69. The molecule has 0 bridgehead atoms. The molecule has 7 heteroatoms. The second-order valence-corrected chi connectivity index (χ2v) is 9.90. The number of rotatable bonds is 6. The summed E-state index contributed by atoms with van der Waals surface area (Å²) >= 11 is 13.6. The van der Waals surface area contributed by atoms with Crippen molar-refractivity contribution in [2.24, 2.45) is 0 Å². The Balaban J connectivity index is 1.28. The van der Waals surface area contributed by atoms with Crippen LogP contribution in [0, 0.1) is 13.8 Å². The van der Waals surface area contributed by atoms with Crippen LogP contribution in [-0.2, 0) is 13.2 Å². The Morgan fingerprint density at radius 1 is 0.938 bits per heavy atom. The summed E-state index contributed by atoms with van der Waals surface area (Å²) in [6.07, 6.45) is 0. The van der Waals surface area contributed by atoms with E-state index in [9.17, 15) is 4.79 Å². The van der Waals surface area contributed by atoms with Crippen molar-refractivity contribution in [3.05, 3.63) is 85.0 Å². The van der Waals surface area contributed by atoms with Crippen molar-refractivity contribution in [2.45, 2.75) is 27.0 Å². The number of piperazine rings is 1. The molecule has 1 aliphatic rings. The third-order valence-corrected chi connectivity index (χ3v) is 7.50. The fraction of sp³-hybridized carbons (Fsp3) is 0.320. The van der Waals surface area contributed by atoms with E-state index in [1.165, 1.54) is 22.5 Å². The average Bonchev–Trinajstić information content (AvgIpc) is 3.26. The molecule has 1 saturated heterocycles. The van der Waals surface area contributed by atoms with Crippen molar-refractivity contribution in [1.82, 2.24) is 9.80 Å². The van der Waals surface area contributed by atoms with Gasteiger partial charge in [-0.15, -0.1) is 11.3 Å². The molecule has 1 fully saturated rings. The Morgan fingerprint density at radius 2 is 1.72 bits per heavy atom. The van der Waals surface area contributed by atoms with Gasteiger partial charge >= 0.3 is 0 Å². The number of benzene rings is 2. The van der Waals surface area contributed by atoms with Crippen molar-refractivity contribution in [3.8, 4) is 5.75 Å². The summed E-state index contributed by atoms with van der Waals surface area (Å²) in [6.45, 7) is 8.53. The molecule has 0 N–H and O–H groups in total. The second-order valence-electron chi connectivity index (χ2n) is 8.17. The first-order valence-electron chi connectivity index (χ1n) is 10.6. The van der Waals surface area contributed by atoms with Gasteiger partial charge in [-0.3, -0.25) is 9.69 Å². The number of thiophene rings is 1. The molecule has 0 aliphatic carbocycles. The van der Waals surface area contributed by atoms with Crippen LogP contribution in [0.1, 0.15) is 31.9 Å². The summed E-state index contributed by atoms with van der Waals surface area (Å²) in [7, 11) is 0. The van der Waals surface area contributed by atoms with Gasteiger partial charge in [0.2, 0.25) is 0 Å². The van der Waals surface area contributed by atoms with Gasteiger partial charge in [0, 0.05) is 38.3 Å². The van der Waals surface area contributed by atoms with Crippen molar-refractivity contribution in [1.29, 1.82) is 0 Å². The zero-order valence-electron chi connectivity index (χ0n) is 18.2. The van der Waals surface area contributed by atoms with E-state index in [-0.39, 0.29) is 5.91 Å². The highest BCUT2D eigenvalue weighted by molar-refractivity contribution is 7.12. The summed E-state index contributed by atoms with van der Waals surface area (Å²) in [5.41, 5.74) is 4.61. The summed E-state index contributed by atoms with van der Waals surface area (Å²) in [5.74, 6) is 0.951. The van der Waals surface area contributed by atoms with Gasteiger partial charge < -0.3 is 9.64 Å². The minimum absolute atomic E-state index is 0.0987. The molecule has 32 heavy (non-hydrogen) atoms. The van der Waals surface area contributed by atoms with E-state index in [1.54, 1.807) is 0 Å². The van der Waals surface area contributed by atoms with Gasteiger partial charge in [-0.25, -0.2) is 0 Å². The predicted octanol–water partition coefficient (Wildman–Crippen LogP) is 6.21. The van der Waals surface area contributed by atoms with E-state index in [1.807, 2.05) is 46.7 Å². The van der Waals surface area contributed by atoms with Gasteiger partial charge in [-0.05, 0) is 66.2 Å². The Labute approximate surface area is 203 Å². The highest BCUT2D eigenvalue weighted by Crippen LogP contribution is 2.24. The van der Waals surface area contributed by atoms with Gasteiger partial charge in [0.05, 0.1) is 14.9 Å². The summed E-state index contributed by atoms with van der Waals surface area (Å²) in [6, 6.07) is 13.8. The van der Waals surface area contributed by atoms with Crippen LogP contribution >= 0.6 is 34.5 Å². The van der Waals surface area contributed by atoms with Crippen LogP contribution in [0.15, 0.2) is 47.8 Å². The molecule has 0 spiro atoms. The predicted molar refractivity (Wildman–Crippen MR) is 132 cm³/mol. The quantitative estimate of drug-likeness (QED) is 0.413. The lowest BCUT2D eigenvalue weighted by molar-refractivity contribution is 0.0633. The number of ether oxygens (including phenoxy) is 1. The lowest BCUT2D eigenvalue weighted by Crippen LogP contribution is -2.48. The van der Waals surface area contributed by atoms with Gasteiger partial charge in [0.25, 0.3) is 5.91 Å². The maximum atomic E-state index is 13.0. The van der Waals surface area contributed by atoms with Crippen LogP contribution in [0.2, 0.25) is 10.0 Å². The molecule has 0 atom stereocenters. The lowest BCUT2D eigenvalue weighted by Gasteiger charge is -2.34. The molecule has 4 nitrogen and oxygen atoms in total. The Bertz CT molecular complexity index is 1110. The topological polar surface area (TPSA) is 32.8 Å². The highest BCUT2D eigenvalue weighted by atomic mass is 35.5. The largest absolute Gasteiger partial charge is 0.489 e. The molecule has 1 aliphatic heterocycles. The Kier molecular flexibility index (Phi) is 7.41. The third kappa shape index (κ3) is 5.65. The number of hydrogen-bond acceptors (Lipinski definition) is 4. The van der Waals surface area contributed by atoms with Gasteiger partial charge in [0.15, 0.2) is 0 Å². The number of hydrogen-bond donors (Lipinski definition) is 0. The summed E-state index contributed by atoms with van der Waals surface area (Å²) in [4.78, 5) is 18.0. The average molecular weight is 489 g/mol. The van der Waals surface area contributed by atoms with E-state index in [2.05, 4.69) is 24.8 Å². The van der Waals surface area contributed by atoms with Crippen molar-refractivity contribution in [3.63, 3.8) is 0 Å². The van der Waals surface area contributed by atoms with Crippen LogP contribution in [0.3, 0.4) is 0 Å². The van der Waals surface area contributed by atoms with Gasteiger partial charge in [0.1, 0.15) is 12.4 Å². The SMILES string of the molecule is Cc1ccc(OCc2csc(C(=O)N3CCN(Cc4ccc(Cl)c(Cl)c4)CC3)c2)cc1C. The number of amides is 1. The van der Waals surface area contributed by atoms with E-state index >= 15 is 0 Å². The van der Waals surface area contributed by atoms with E-state index in [0.717, 1.165) is 41.4 Å². The highest BCUT2D eigenvalue weighted by Gasteiger charge is 2.23. The molecule has 0 unspecified atom stereocenters. The zero-order chi connectivity index (χ0) is 22.7. The van der Waals surface area contributed by atoms with Crippen LogP contribution in [-0.4, -0.2) is 41.9 Å². The first kappa shape index (κ1) is 23.1. The van der Waals surface area contributed by atoms with Crippen molar-refractivity contribution >= 4 is 40.4 Å². The minimum atomic E-state index is 0.0987. The third-order valence-electron chi connectivity index (χ3n) is 5.80. The number of carbonyl (C=O) groups excluding carboxylic acids is 1. The molecular weight excluding hydrogens is 463 g/mol. The molecule has 2 heterocycles. The van der Waals surface area contributed by atoms with E-state index < -0.39 is 0 Å². The normalized spacial score (nSPS) is 14.6. The van der Waals surface area contributed by atoms with E-state index in [0.29, 0.717) is 29.7 Å².